The number of benzene rings is 1. The Labute approximate surface area is 160 Å². The number of fused-ring (bicyclic) bond motifs is 3. The number of nitro benzene ring substituents is 1. The molecule has 1 aromatic rings. The third-order valence-corrected chi connectivity index (χ3v) is 6.27. The Hall–Kier alpha value is -1.82. The number of nitro groups is 1. The molecule has 2 N–H and O–H groups in total. The van der Waals surface area contributed by atoms with Gasteiger partial charge in [-0.15, -0.1) is 0 Å². The molecule has 1 aromatic carbocycles. The molecule has 1 heterocycles. The number of nitrogens with zero attached hydrogens (tertiary/aromatic N) is 1. The van der Waals surface area contributed by atoms with E-state index in [-0.39, 0.29) is 17.4 Å². The van der Waals surface area contributed by atoms with Crippen LogP contribution >= 0.6 is 0 Å². The van der Waals surface area contributed by atoms with Gasteiger partial charge in [0, 0.05) is 11.5 Å². The summed E-state index contributed by atoms with van der Waals surface area (Å²) in [6, 6.07) is 1.75. The van der Waals surface area contributed by atoms with E-state index in [9.17, 15) is 20.3 Å². The molecule has 0 radical (unpaired) electrons. The van der Waals surface area contributed by atoms with Gasteiger partial charge in [-0.25, -0.2) is 0 Å². The Kier molecular flexibility index (Phi) is 5.65. The number of phenolic OH excluding ortho intramolecular Hbond substituents is 1. The number of hydrogen-bond donors (Lipinski definition) is 2. The van der Waals surface area contributed by atoms with E-state index in [0.29, 0.717) is 23.3 Å². The van der Waals surface area contributed by atoms with Crippen molar-refractivity contribution in [3.8, 4) is 11.5 Å². The zero-order valence-electron chi connectivity index (χ0n) is 16.5. The SMILES string of the molecule is CCCCCC(C)(C)c1cc2c(c(O)c1[N+](=O)[O-])C1CCCCC(O)C1O2. The first-order chi connectivity index (χ1) is 12.8. The van der Waals surface area contributed by atoms with Crippen molar-refractivity contribution in [3.05, 3.63) is 27.3 Å². The molecule has 3 atom stereocenters. The summed E-state index contributed by atoms with van der Waals surface area (Å²) in [5.41, 5.74) is 0.390. The minimum atomic E-state index is -0.607. The quantitative estimate of drug-likeness (QED) is 0.416. The van der Waals surface area contributed by atoms with Crippen molar-refractivity contribution < 1.29 is 19.9 Å². The molecule has 150 valence electrons. The Morgan fingerprint density at radius 3 is 2.67 bits per heavy atom. The summed E-state index contributed by atoms with van der Waals surface area (Å²) in [5.74, 6) is 0.0544. The second kappa shape index (κ2) is 7.66. The first-order valence-electron chi connectivity index (χ1n) is 10.2. The maximum atomic E-state index is 11.9. The van der Waals surface area contributed by atoms with Gasteiger partial charge in [0.2, 0.25) is 5.75 Å². The van der Waals surface area contributed by atoms with Crippen molar-refractivity contribution in [3.63, 3.8) is 0 Å². The first-order valence-corrected chi connectivity index (χ1v) is 10.2. The van der Waals surface area contributed by atoms with Gasteiger partial charge in [-0.2, -0.15) is 0 Å². The van der Waals surface area contributed by atoms with Gasteiger partial charge in [-0.3, -0.25) is 10.1 Å². The van der Waals surface area contributed by atoms with E-state index in [4.69, 9.17) is 4.74 Å². The van der Waals surface area contributed by atoms with E-state index in [2.05, 4.69) is 6.92 Å². The molecule has 0 saturated heterocycles. The minimum absolute atomic E-state index is 0.187. The van der Waals surface area contributed by atoms with Crippen LogP contribution in [0.25, 0.3) is 0 Å². The molecule has 1 aliphatic carbocycles. The Balaban J connectivity index is 2.07. The number of aromatic hydroxyl groups is 1. The van der Waals surface area contributed by atoms with E-state index < -0.39 is 22.5 Å². The van der Waals surface area contributed by atoms with E-state index in [1.54, 1.807) is 6.07 Å². The van der Waals surface area contributed by atoms with Crippen molar-refractivity contribution in [2.75, 3.05) is 0 Å². The van der Waals surface area contributed by atoms with E-state index >= 15 is 0 Å². The second-order valence-corrected chi connectivity index (χ2v) is 8.67. The normalized spacial score (nSPS) is 24.7. The Bertz CT molecular complexity index is 715. The number of aliphatic hydroxyl groups is 1. The van der Waals surface area contributed by atoms with E-state index in [1.807, 2.05) is 13.8 Å². The van der Waals surface area contributed by atoms with Gasteiger partial charge in [0.05, 0.1) is 16.6 Å². The number of phenols is 1. The van der Waals surface area contributed by atoms with Gasteiger partial charge in [0.1, 0.15) is 11.9 Å². The average molecular weight is 377 g/mol. The van der Waals surface area contributed by atoms with Gasteiger partial charge >= 0.3 is 5.69 Å². The fourth-order valence-electron chi connectivity index (χ4n) is 4.69. The predicted octanol–water partition coefficient (Wildman–Crippen LogP) is 4.94. The fourth-order valence-corrected chi connectivity index (χ4v) is 4.69. The van der Waals surface area contributed by atoms with Crippen LogP contribution < -0.4 is 4.74 Å². The van der Waals surface area contributed by atoms with Crippen molar-refractivity contribution in [2.45, 2.75) is 95.7 Å². The largest absolute Gasteiger partial charge is 0.502 e. The molecule has 27 heavy (non-hydrogen) atoms. The number of aliphatic hydroxyl groups excluding tert-OH is 1. The van der Waals surface area contributed by atoms with Gasteiger partial charge in [0.15, 0.2) is 0 Å². The summed E-state index contributed by atoms with van der Waals surface area (Å²) in [4.78, 5) is 11.4. The molecular formula is C21H31NO5. The lowest BCUT2D eigenvalue weighted by Gasteiger charge is -2.26. The highest BCUT2D eigenvalue weighted by atomic mass is 16.6. The fraction of sp³-hybridized carbons (Fsp3) is 0.714. The number of unbranched alkanes of at least 4 members (excludes halogenated alkanes) is 2. The van der Waals surface area contributed by atoms with Crippen LogP contribution in [0.4, 0.5) is 5.69 Å². The molecule has 2 aliphatic rings. The number of ether oxygens (including phenoxy) is 1. The number of rotatable bonds is 6. The monoisotopic (exact) mass is 377 g/mol. The first kappa shape index (κ1) is 19.9. The molecule has 0 spiro atoms. The van der Waals surface area contributed by atoms with Gasteiger partial charge in [0.25, 0.3) is 0 Å². The second-order valence-electron chi connectivity index (χ2n) is 8.67. The standard InChI is InChI=1S/C21H31NO5/c1-4-5-8-11-21(2,3)14-12-16-17(19(24)18(14)22(25)26)13-9-6-7-10-15(23)20(13)27-16/h12-13,15,20,23-24H,4-11H2,1-3H3. The minimum Gasteiger partial charge on any atom is -0.502 e. The highest BCUT2D eigenvalue weighted by Gasteiger charge is 2.46. The molecule has 1 fully saturated rings. The molecule has 0 bridgehead atoms. The van der Waals surface area contributed by atoms with Crippen LogP contribution in [0.5, 0.6) is 11.5 Å². The molecule has 0 aromatic heterocycles. The van der Waals surface area contributed by atoms with Crippen LogP contribution in [0.15, 0.2) is 6.07 Å². The highest BCUT2D eigenvalue weighted by Crippen LogP contribution is 2.54. The maximum Gasteiger partial charge on any atom is 0.314 e. The average Bonchev–Trinajstić information content (AvgIpc) is 2.88. The van der Waals surface area contributed by atoms with Gasteiger partial charge in [-0.1, -0.05) is 52.9 Å². The number of hydrogen-bond acceptors (Lipinski definition) is 5. The lowest BCUT2D eigenvalue weighted by Crippen LogP contribution is -2.31. The molecule has 6 nitrogen and oxygen atoms in total. The van der Waals surface area contributed by atoms with Crippen molar-refractivity contribution in [1.29, 1.82) is 0 Å². The molecular weight excluding hydrogens is 346 g/mol. The van der Waals surface area contributed by atoms with Gasteiger partial charge < -0.3 is 14.9 Å². The van der Waals surface area contributed by atoms with Crippen LogP contribution in [-0.4, -0.2) is 27.3 Å². The lowest BCUT2D eigenvalue weighted by atomic mass is 9.77. The van der Waals surface area contributed by atoms with E-state index in [1.165, 1.54) is 0 Å². The molecule has 6 heteroatoms. The van der Waals surface area contributed by atoms with Crippen LogP contribution in [0.1, 0.15) is 89.2 Å². The molecule has 3 rings (SSSR count). The Morgan fingerprint density at radius 2 is 2.00 bits per heavy atom. The summed E-state index contributed by atoms with van der Waals surface area (Å²) in [6.07, 6.45) is 6.14. The smallest absolute Gasteiger partial charge is 0.314 e. The molecule has 1 aliphatic heterocycles. The van der Waals surface area contributed by atoms with Crippen LogP contribution in [0, 0.1) is 10.1 Å². The van der Waals surface area contributed by atoms with Crippen LogP contribution in [-0.2, 0) is 5.41 Å². The summed E-state index contributed by atoms with van der Waals surface area (Å²) in [7, 11) is 0. The zero-order chi connectivity index (χ0) is 19.8. The molecule has 3 unspecified atom stereocenters. The summed E-state index contributed by atoms with van der Waals surface area (Å²) in [5, 5.41) is 33.2. The van der Waals surface area contributed by atoms with Gasteiger partial charge in [-0.05, 0) is 30.7 Å². The summed E-state index contributed by atoms with van der Waals surface area (Å²) >= 11 is 0. The van der Waals surface area contributed by atoms with E-state index in [0.717, 1.165) is 44.9 Å². The topological polar surface area (TPSA) is 92.8 Å². The molecule has 1 saturated carbocycles. The third kappa shape index (κ3) is 3.64. The van der Waals surface area contributed by atoms with Crippen LogP contribution in [0.2, 0.25) is 0 Å². The maximum absolute atomic E-state index is 11.9. The highest BCUT2D eigenvalue weighted by molar-refractivity contribution is 5.66. The van der Waals surface area contributed by atoms with Crippen molar-refractivity contribution >= 4 is 5.69 Å². The zero-order valence-corrected chi connectivity index (χ0v) is 16.5. The summed E-state index contributed by atoms with van der Waals surface area (Å²) < 4.78 is 6.05. The van der Waals surface area contributed by atoms with Crippen molar-refractivity contribution in [2.24, 2.45) is 0 Å². The molecule has 0 amide bonds. The van der Waals surface area contributed by atoms with Crippen LogP contribution in [0.3, 0.4) is 0 Å². The summed E-state index contributed by atoms with van der Waals surface area (Å²) in [6.45, 7) is 6.09. The predicted molar refractivity (Wildman–Crippen MR) is 104 cm³/mol. The van der Waals surface area contributed by atoms with Crippen molar-refractivity contribution in [1.82, 2.24) is 0 Å². The third-order valence-electron chi connectivity index (χ3n) is 6.27. The lowest BCUT2D eigenvalue weighted by molar-refractivity contribution is -0.387. The Morgan fingerprint density at radius 1 is 1.30 bits per heavy atom.